The third-order valence-electron chi connectivity index (χ3n) is 2.97. The number of rotatable bonds is 0. The highest BCUT2D eigenvalue weighted by atomic mass is 16.6. The number of likely N-dealkylation sites (tertiary alicyclic amines) is 1. The molecule has 4 nitrogen and oxygen atoms in total. The molecule has 2 aliphatic rings. The highest BCUT2D eigenvalue weighted by Gasteiger charge is 2.48. The molecule has 0 N–H and O–H groups in total. The predicted octanol–water partition coefficient (Wildman–Crippen LogP) is 1.44. The van der Waals surface area contributed by atoms with Crippen molar-refractivity contribution in [3.05, 3.63) is 0 Å². The maximum atomic E-state index is 11.7. The maximum Gasteiger partial charge on any atom is 0.410 e. The van der Waals surface area contributed by atoms with Gasteiger partial charge in [-0.3, -0.25) is 4.79 Å². The summed E-state index contributed by atoms with van der Waals surface area (Å²) in [5.74, 6) is 0.786. The second-order valence-electron chi connectivity index (χ2n) is 5.42. The van der Waals surface area contributed by atoms with E-state index in [9.17, 15) is 9.59 Å². The topological polar surface area (TPSA) is 46.6 Å². The Kier molecular flexibility index (Phi) is 2.24. The van der Waals surface area contributed by atoms with Gasteiger partial charge in [0.2, 0.25) is 0 Å². The van der Waals surface area contributed by atoms with Crippen LogP contribution in [0.4, 0.5) is 4.79 Å². The smallest absolute Gasteiger partial charge is 0.410 e. The van der Waals surface area contributed by atoms with E-state index in [4.69, 9.17) is 4.74 Å². The Morgan fingerprint density at radius 2 is 2.07 bits per heavy atom. The zero-order valence-corrected chi connectivity index (χ0v) is 9.45. The number of carbonyl (C=O) groups is 2. The lowest BCUT2D eigenvalue weighted by Crippen LogP contribution is -2.36. The summed E-state index contributed by atoms with van der Waals surface area (Å²) < 4.78 is 5.26. The van der Waals surface area contributed by atoms with Crippen molar-refractivity contribution in [1.82, 2.24) is 4.90 Å². The van der Waals surface area contributed by atoms with E-state index in [1.165, 1.54) is 0 Å². The quantitative estimate of drug-likeness (QED) is 0.609. The van der Waals surface area contributed by atoms with Crippen LogP contribution < -0.4 is 0 Å². The SMILES string of the molecule is CC(C)(C)OC(=O)N1CC2CC(=O)C2C1. The minimum Gasteiger partial charge on any atom is -0.444 e. The second kappa shape index (κ2) is 3.22. The molecular weight excluding hydrogens is 194 g/mol. The molecule has 84 valence electrons. The molecule has 2 rings (SSSR count). The highest BCUT2D eigenvalue weighted by Crippen LogP contribution is 2.37. The van der Waals surface area contributed by atoms with Gasteiger partial charge in [-0.05, 0) is 26.7 Å². The number of ether oxygens (including phenoxy) is 1. The number of ketones is 1. The normalized spacial score (nSPS) is 29.8. The van der Waals surface area contributed by atoms with E-state index in [-0.39, 0.29) is 12.0 Å². The largest absolute Gasteiger partial charge is 0.444 e. The van der Waals surface area contributed by atoms with Gasteiger partial charge in [0.15, 0.2) is 0 Å². The van der Waals surface area contributed by atoms with Crippen molar-refractivity contribution in [2.45, 2.75) is 32.8 Å². The van der Waals surface area contributed by atoms with E-state index in [2.05, 4.69) is 0 Å². The van der Waals surface area contributed by atoms with Crippen molar-refractivity contribution in [2.75, 3.05) is 13.1 Å². The third-order valence-corrected chi connectivity index (χ3v) is 2.97. The first kappa shape index (κ1) is 10.5. The molecule has 1 saturated carbocycles. The van der Waals surface area contributed by atoms with Gasteiger partial charge in [0.25, 0.3) is 0 Å². The third kappa shape index (κ3) is 1.98. The first-order valence-corrected chi connectivity index (χ1v) is 5.37. The zero-order valence-electron chi connectivity index (χ0n) is 9.45. The standard InChI is InChI=1S/C11H17NO3/c1-11(2,3)15-10(14)12-5-7-4-9(13)8(7)6-12/h7-8H,4-6H2,1-3H3. The average Bonchev–Trinajstić information content (AvgIpc) is 2.39. The first-order chi connectivity index (χ1) is 6.87. The minimum atomic E-state index is -0.456. The van der Waals surface area contributed by atoms with Crippen LogP contribution in [0.5, 0.6) is 0 Å². The lowest BCUT2D eigenvalue weighted by molar-refractivity contribution is -0.131. The summed E-state index contributed by atoms with van der Waals surface area (Å²) in [5, 5.41) is 0. The molecule has 15 heavy (non-hydrogen) atoms. The Hall–Kier alpha value is -1.06. The van der Waals surface area contributed by atoms with Crippen LogP contribution in [0.1, 0.15) is 27.2 Å². The van der Waals surface area contributed by atoms with Gasteiger partial charge in [-0.1, -0.05) is 0 Å². The Labute approximate surface area is 89.6 Å². The highest BCUT2D eigenvalue weighted by molar-refractivity contribution is 5.89. The van der Waals surface area contributed by atoms with Gasteiger partial charge < -0.3 is 9.64 Å². The summed E-state index contributed by atoms with van der Waals surface area (Å²) in [6, 6.07) is 0. The minimum absolute atomic E-state index is 0.0949. The van der Waals surface area contributed by atoms with Gasteiger partial charge in [0.05, 0.1) is 0 Å². The van der Waals surface area contributed by atoms with Crippen LogP contribution in [0.2, 0.25) is 0 Å². The average molecular weight is 211 g/mol. The summed E-state index contributed by atoms with van der Waals surface area (Å²) >= 11 is 0. The van der Waals surface area contributed by atoms with Crippen LogP contribution in [0.15, 0.2) is 0 Å². The summed E-state index contributed by atoms with van der Waals surface area (Å²) in [6.07, 6.45) is 0.356. The lowest BCUT2D eigenvalue weighted by atomic mass is 9.75. The summed E-state index contributed by atoms with van der Waals surface area (Å²) in [7, 11) is 0. The van der Waals surface area contributed by atoms with Crippen molar-refractivity contribution >= 4 is 11.9 Å². The molecule has 4 heteroatoms. The van der Waals surface area contributed by atoms with Crippen LogP contribution >= 0.6 is 0 Å². The Balaban J connectivity index is 1.91. The molecule has 0 bridgehead atoms. The van der Waals surface area contributed by atoms with Crippen LogP contribution in [0, 0.1) is 11.8 Å². The number of amides is 1. The van der Waals surface area contributed by atoms with Crippen LogP contribution in [-0.2, 0) is 9.53 Å². The molecule has 1 aliphatic heterocycles. The summed E-state index contributed by atoms with van der Waals surface area (Å²) in [4.78, 5) is 24.5. The van der Waals surface area contributed by atoms with E-state index >= 15 is 0 Å². The molecule has 1 heterocycles. The van der Waals surface area contributed by atoms with E-state index < -0.39 is 5.60 Å². The van der Waals surface area contributed by atoms with E-state index in [1.54, 1.807) is 4.90 Å². The lowest BCUT2D eigenvalue weighted by Gasteiger charge is -2.25. The Morgan fingerprint density at radius 1 is 1.40 bits per heavy atom. The molecule has 0 spiro atoms. The van der Waals surface area contributed by atoms with Gasteiger partial charge in [0, 0.05) is 25.4 Å². The number of nitrogens with zero attached hydrogens (tertiary/aromatic N) is 1. The zero-order chi connectivity index (χ0) is 11.2. The molecule has 2 unspecified atom stereocenters. The molecule has 0 aromatic carbocycles. The van der Waals surface area contributed by atoms with Gasteiger partial charge in [-0.2, -0.15) is 0 Å². The fourth-order valence-electron chi connectivity index (χ4n) is 2.17. The van der Waals surface area contributed by atoms with Crippen molar-refractivity contribution in [2.24, 2.45) is 11.8 Å². The van der Waals surface area contributed by atoms with Crippen molar-refractivity contribution in [3.8, 4) is 0 Å². The van der Waals surface area contributed by atoms with Gasteiger partial charge in [-0.25, -0.2) is 4.79 Å². The number of hydrogen-bond donors (Lipinski definition) is 0. The number of Topliss-reactive ketones (excluding diaryl/α,β-unsaturated/α-hetero) is 1. The van der Waals surface area contributed by atoms with Gasteiger partial charge in [0.1, 0.15) is 11.4 Å². The number of hydrogen-bond acceptors (Lipinski definition) is 3. The number of carbonyl (C=O) groups excluding carboxylic acids is 2. The van der Waals surface area contributed by atoms with Crippen LogP contribution in [0.25, 0.3) is 0 Å². The fourth-order valence-corrected chi connectivity index (χ4v) is 2.17. The van der Waals surface area contributed by atoms with E-state index in [0.29, 0.717) is 31.2 Å². The summed E-state index contributed by atoms with van der Waals surface area (Å²) in [5.41, 5.74) is -0.456. The molecule has 1 aliphatic carbocycles. The monoisotopic (exact) mass is 211 g/mol. The van der Waals surface area contributed by atoms with Crippen molar-refractivity contribution in [1.29, 1.82) is 0 Å². The van der Waals surface area contributed by atoms with Crippen LogP contribution in [0.3, 0.4) is 0 Å². The van der Waals surface area contributed by atoms with Crippen molar-refractivity contribution in [3.63, 3.8) is 0 Å². The first-order valence-electron chi connectivity index (χ1n) is 5.37. The Bertz CT molecular complexity index is 305. The molecule has 1 saturated heterocycles. The fraction of sp³-hybridized carbons (Fsp3) is 0.818. The van der Waals surface area contributed by atoms with Gasteiger partial charge >= 0.3 is 6.09 Å². The molecule has 0 radical (unpaired) electrons. The number of fused-ring (bicyclic) bond motifs is 1. The van der Waals surface area contributed by atoms with Gasteiger partial charge in [-0.15, -0.1) is 0 Å². The van der Waals surface area contributed by atoms with E-state index in [1.807, 2.05) is 20.8 Å². The predicted molar refractivity (Wildman–Crippen MR) is 54.4 cm³/mol. The Morgan fingerprint density at radius 3 is 2.53 bits per heavy atom. The molecule has 0 aromatic heterocycles. The summed E-state index contributed by atoms with van der Waals surface area (Å²) in [6.45, 7) is 6.78. The molecule has 2 atom stereocenters. The maximum absolute atomic E-state index is 11.7. The molecule has 1 amide bonds. The molecule has 0 aromatic rings. The van der Waals surface area contributed by atoms with Crippen molar-refractivity contribution < 1.29 is 14.3 Å². The van der Waals surface area contributed by atoms with Crippen LogP contribution in [-0.4, -0.2) is 35.5 Å². The molecular formula is C11H17NO3. The molecule has 2 fully saturated rings. The van der Waals surface area contributed by atoms with E-state index in [0.717, 1.165) is 0 Å². The second-order valence-corrected chi connectivity index (χ2v) is 5.42.